The summed E-state index contributed by atoms with van der Waals surface area (Å²) in [4.78, 5) is 17.1. The largest absolute Gasteiger partial charge is 0.448 e. The zero-order chi connectivity index (χ0) is 21.2. The minimum absolute atomic E-state index is 0.142. The fraction of sp³-hybridized carbons (Fsp3) is 0.480. The van der Waals surface area contributed by atoms with Crippen LogP contribution in [0, 0.1) is 0 Å². The summed E-state index contributed by atoms with van der Waals surface area (Å²) in [6.45, 7) is 9.21. The molecule has 30 heavy (non-hydrogen) atoms. The summed E-state index contributed by atoms with van der Waals surface area (Å²) in [6.07, 6.45) is 1.70. The van der Waals surface area contributed by atoms with Gasteiger partial charge < -0.3 is 10.1 Å². The van der Waals surface area contributed by atoms with Gasteiger partial charge in [-0.1, -0.05) is 74.0 Å². The smallest absolute Gasteiger partial charge is 0.407 e. The monoisotopic (exact) mass is 409 g/mol. The number of carbonyl (C=O) groups is 1. The van der Waals surface area contributed by atoms with E-state index in [1.165, 1.54) is 11.1 Å². The summed E-state index contributed by atoms with van der Waals surface area (Å²) in [5.74, 6) is 0. The minimum Gasteiger partial charge on any atom is -0.448 e. The summed E-state index contributed by atoms with van der Waals surface area (Å²) < 4.78 is 5.65. The number of rotatable bonds is 9. The number of ether oxygens (including phenoxy) is 1. The van der Waals surface area contributed by atoms with Gasteiger partial charge in [-0.05, 0) is 24.5 Å². The second-order valence-corrected chi connectivity index (χ2v) is 8.26. The Kier molecular flexibility index (Phi) is 8.72. The predicted molar refractivity (Wildman–Crippen MR) is 121 cm³/mol. The number of nitrogens with one attached hydrogen (secondary N) is 1. The molecule has 0 spiro atoms. The van der Waals surface area contributed by atoms with Crippen LogP contribution in [0.5, 0.6) is 0 Å². The van der Waals surface area contributed by atoms with Gasteiger partial charge in [-0.15, -0.1) is 0 Å². The van der Waals surface area contributed by atoms with Gasteiger partial charge in [0.25, 0.3) is 0 Å². The van der Waals surface area contributed by atoms with Gasteiger partial charge in [-0.3, -0.25) is 9.80 Å². The second-order valence-electron chi connectivity index (χ2n) is 8.26. The summed E-state index contributed by atoms with van der Waals surface area (Å²) >= 11 is 0. The van der Waals surface area contributed by atoms with Gasteiger partial charge >= 0.3 is 6.09 Å². The van der Waals surface area contributed by atoms with Crippen molar-refractivity contribution in [2.75, 3.05) is 26.2 Å². The van der Waals surface area contributed by atoms with Gasteiger partial charge in [0.15, 0.2) is 0 Å². The normalized spacial score (nSPS) is 18.7. The molecule has 0 radical (unpaired) electrons. The molecule has 1 amide bonds. The molecule has 1 N–H and O–H groups in total. The maximum absolute atomic E-state index is 12.2. The Balaban J connectivity index is 1.60. The van der Waals surface area contributed by atoms with Crippen LogP contribution in [-0.2, 0) is 17.8 Å². The molecular formula is C25H35N3O2. The van der Waals surface area contributed by atoms with Gasteiger partial charge in [-0.2, -0.15) is 0 Å². The molecule has 1 aliphatic heterocycles. The van der Waals surface area contributed by atoms with E-state index >= 15 is 0 Å². The SMILES string of the molecule is CCCC(C)NC(=O)OCC1CN(Cc2ccccc2)CCN1Cc1ccccc1. The Hall–Kier alpha value is -2.37. The van der Waals surface area contributed by atoms with Crippen LogP contribution in [0.3, 0.4) is 0 Å². The Morgan fingerprint density at radius 2 is 1.67 bits per heavy atom. The highest BCUT2D eigenvalue weighted by Gasteiger charge is 2.28. The van der Waals surface area contributed by atoms with Crippen LogP contribution in [0.25, 0.3) is 0 Å². The van der Waals surface area contributed by atoms with Crippen molar-refractivity contribution in [3.05, 3.63) is 71.8 Å². The first-order chi connectivity index (χ1) is 14.6. The van der Waals surface area contributed by atoms with Crippen LogP contribution < -0.4 is 5.32 Å². The zero-order valence-corrected chi connectivity index (χ0v) is 18.3. The zero-order valence-electron chi connectivity index (χ0n) is 18.3. The van der Waals surface area contributed by atoms with E-state index in [-0.39, 0.29) is 18.2 Å². The number of alkyl carbamates (subject to hydrolysis) is 1. The van der Waals surface area contributed by atoms with E-state index in [0.29, 0.717) is 6.61 Å². The highest BCUT2D eigenvalue weighted by Crippen LogP contribution is 2.17. The van der Waals surface area contributed by atoms with Crippen LogP contribution in [0.4, 0.5) is 4.79 Å². The minimum atomic E-state index is -0.309. The van der Waals surface area contributed by atoms with Gasteiger partial charge in [0, 0.05) is 38.8 Å². The van der Waals surface area contributed by atoms with E-state index in [1.807, 2.05) is 13.0 Å². The van der Waals surface area contributed by atoms with E-state index in [4.69, 9.17) is 4.74 Å². The van der Waals surface area contributed by atoms with Crippen molar-refractivity contribution in [2.24, 2.45) is 0 Å². The third kappa shape index (κ3) is 7.15. The van der Waals surface area contributed by atoms with E-state index in [0.717, 1.165) is 45.6 Å². The molecule has 1 fully saturated rings. The standard InChI is InChI=1S/C25H35N3O2/c1-3-10-21(2)26-25(29)30-20-24-19-27(17-22-11-6-4-7-12-22)15-16-28(24)18-23-13-8-5-9-14-23/h4-9,11-14,21,24H,3,10,15-20H2,1-2H3,(H,26,29). The van der Waals surface area contributed by atoms with E-state index in [2.05, 4.69) is 76.6 Å². The Bertz CT molecular complexity index is 754. The lowest BCUT2D eigenvalue weighted by Crippen LogP contribution is -2.54. The van der Waals surface area contributed by atoms with Crippen molar-refractivity contribution in [1.82, 2.24) is 15.1 Å². The molecule has 3 rings (SSSR count). The molecule has 0 aromatic heterocycles. The maximum Gasteiger partial charge on any atom is 0.407 e. The average molecular weight is 410 g/mol. The number of hydrogen-bond donors (Lipinski definition) is 1. The molecule has 2 aromatic rings. The molecule has 5 heteroatoms. The average Bonchev–Trinajstić information content (AvgIpc) is 2.75. The van der Waals surface area contributed by atoms with Crippen molar-refractivity contribution in [3.8, 4) is 0 Å². The lowest BCUT2D eigenvalue weighted by Gasteiger charge is -2.41. The Morgan fingerprint density at radius 3 is 2.30 bits per heavy atom. The van der Waals surface area contributed by atoms with E-state index in [1.54, 1.807) is 0 Å². The Labute approximate surface area is 181 Å². The lowest BCUT2D eigenvalue weighted by molar-refractivity contribution is 0.0227. The third-order valence-electron chi connectivity index (χ3n) is 5.66. The van der Waals surface area contributed by atoms with Crippen LogP contribution in [0.15, 0.2) is 60.7 Å². The molecular weight excluding hydrogens is 374 g/mol. The first kappa shape index (κ1) is 22.3. The van der Waals surface area contributed by atoms with Crippen LogP contribution >= 0.6 is 0 Å². The maximum atomic E-state index is 12.2. The van der Waals surface area contributed by atoms with Crippen molar-refractivity contribution < 1.29 is 9.53 Å². The van der Waals surface area contributed by atoms with Crippen molar-refractivity contribution in [2.45, 2.75) is 51.9 Å². The number of hydrogen-bond acceptors (Lipinski definition) is 4. The van der Waals surface area contributed by atoms with Gasteiger partial charge in [-0.25, -0.2) is 4.79 Å². The van der Waals surface area contributed by atoms with Gasteiger partial charge in [0.1, 0.15) is 6.61 Å². The summed E-state index contributed by atoms with van der Waals surface area (Å²) in [7, 11) is 0. The summed E-state index contributed by atoms with van der Waals surface area (Å²) in [5, 5.41) is 2.94. The molecule has 2 atom stereocenters. The molecule has 5 nitrogen and oxygen atoms in total. The topological polar surface area (TPSA) is 44.8 Å². The quantitative estimate of drug-likeness (QED) is 0.671. The molecule has 1 aliphatic rings. The number of amides is 1. The number of piperazine rings is 1. The predicted octanol–water partition coefficient (Wildman–Crippen LogP) is 4.29. The van der Waals surface area contributed by atoms with E-state index < -0.39 is 0 Å². The highest BCUT2D eigenvalue weighted by molar-refractivity contribution is 5.67. The third-order valence-corrected chi connectivity index (χ3v) is 5.66. The van der Waals surface area contributed by atoms with Gasteiger partial charge in [0.2, 0.25) is 0 Å². The van der Waals surface area contributed by atoms with Crippen LogP contribution in [0.1, 0.15) is 37.8 Å². The summed E-state index contributed by atoms with van der Waals surface area (Å²) in [5.41, 5.74) is 2.61. The molecule has 1 heterocycles. The first-order valence-corrected chi connectivity index (χ1v) is 11.1. The first-order valence-electron chi connectivity index (χ1n) is 11.1. The lowest BCUT2D eigenvalue weighted by atomic mass is 10.1. The van der Waals surface area contributed by atoms with E-state index in [9.17, 15) is 4.79 Å². The Morgan fingerprint density at radius 1 is 1.03 bits per heavy atom. The highest BCUT2D eigenvalue weighted by atomic mass is 16.5. The molecule has 0 aliphatic carbocycles. The summed E-state index contributed by atoms with van der Waals surface area (Å²) in [6, 6.07) is 21.4. The van der Waals surface area contributed by atoms with Crippen LogP contribution in [-0.4, -0.2) is 54.2 Å². The molecule has 162 valence electrons. The number of benzene rings is 2. The number of nitrogens with zero attached hydrogens (tertiary/aromatic N) is 2. The molecule has 2 unspecified atom stereocenters. The van der Waals surface area contributed by atoms with Crippen molar-refractivity contribution in [1.29, 1.82) is 0 Å². The fourth-order valence-electron chi connectivity index (χ4n) is 4.05. The molecule has 0 saturated carbocycles. The second kappa shape index (κ2) is 11.7. The fourth-order valence-corrected chi connectivity index (χ4v) is 4.05. The van der Waals surface area contributed by atoms with Gasteiger partial charge in [0.05, 0.1) is 6.04 Å². The molecule has 2 aromatic carbocycles. The van der Waals surface area contributed by atoms with Crippen molar-refractivity contribution >= 4 is 6.09 Å². The van der Waals surface area contributed by atoms with Crippen LogP contribution in [0.2, 0.25) is 0 Å². The molecule has 0 bridgehead atoms. The van der Waals surface area contributed by atoms with Crippen molar-refractivity contribution in [3.63, 3.8) is 0 Å². The molecule has 1 saturated heterocycles. The number of carbonyl (C=O) groups excluding carboxylic acids is 1.